The lowest BCUT2D eigenvalue weighted by Gasteiger charge is -2.15. The maximum atomic E-state index is 12.3. The van der Waals surface area contributed by atoms with E-state index in [1.807, 2.05) is 6.92 Å². The zero-order valence-electron chi connectivity index (χ0n) is 13.7. The van der Waals surface area contributed by atoms with E-state index in [2.05, 4.69) is 5.32 Å². The van der Waals surface area contributed by atoms with Crippen molar-refractivity contribution in [1.29, 1.82) is 0 Å². The highest BCUT2D eigenvalue weighted by Gasteiger charge is 2.15. The Morgan fingerprint density at radius 1 is 1.20 bits per heavy atom. The number of rotatable bonds is 4. The normalized spacial score (nSPS) is 12.0. The Balaban J connectivity index is 1.76. The van der Waals surface area contributed by atoms with Gasteiger partial charge in [0.05, 0.1) is 0 Å². The molecular formula is C19H16ClNO4. The van der Waals surface area contributed by atoms with Gasteiger partial charge in [0.25, 0.3) is 5.91 Å². The van der Waals surface area contributed by atoms with Crippen molar-refractivity contribution in [3.05, 3.63) is 69.5 Å². The van der Waals surface area contributed by atoms with Crippen molar-refractivity contribution in [2.45, 2.75) is 20.0 Å². The van der Waals surface area contributed by atoms with Crippen LogP contribution >= 0.6 is 11.6 Å². The van der Waals surface area contributed by atoms with E-state index in [1.165, 1.54) is 6.07 Å². The summed E-state index contributed by atoms with van der Waals surface area (Å²) >= 11 is 5.90. The predicted octanol–water partition coefficient (Wildman–Crippen LogP) is 4.16. The summed E-state index contributed by atoms with van der Waals surface area (Å²) in [5, 5.41) is 4.10. The zero-order valence-corrected chi connectivity index (χ0v) is 14.5. The van der Waals surface area contributed by atoms with Gasteiger partial charge in [-0.2, -0.15) is 0 Å². The molecule has 0 spiro atoms. The molecule has 0 fully saturated rings. The number of anilines is 1. The van der Waals surface area contributed by atoms with E-state index < -0.39 is 11.7 Å². The van der Waals surface area contributed by atoms with Crippen LogP contribution in [-0.4, -0.2) is 12.0 Å². The van der Waals surface area contributed by atoms with Crippen LogP contribution in [0.2, 0.25) is 5.02 Å². The minimum Gasteiger partial charge on any atom is -0.481 e. The molecule has 1 N–H and O–H groups in total. The largest absolute Gasteiger partial charge is 0.481 e. The summed E-state index contributed by atoms with van der Waals surface area (Å²) in [4.78, 5) is 23.8. The first-order chi connectivity index (χ1) is 11.9. The number of amides is 1. The van der Waals surface area contributed by atoms with Crippen LogP contribution in [0.5, 0.6) is 5.75 Å². The molecule has 0 saturated heterocycles. The van der Waals surface area contributed by atoms with Gasteiger partial charge >= 0.3 is 5.63 Å². The second kappa shape index (κ2) is 6.99. The molecule has 128 valence electrons. The molecule has 0 bridgehead atoms. The summed E-state index contributed by atoms with van der Waals surface area (Å²) < 4.78 is 10.8. The van der Waals surface area contributed by atoms with Gasteiger partial charge in [-0.05, 0) is 49.7 Å². The second-order valence-electron chi connectivity index (χ2n) is 5.67. The molecule has 0 aliphatic rings. The maximum Gasteiger partial charge on any atom is 0.336 e. The Morgan fingerprint density at radius 3 is 2.76 bits per heavy atom. The van der Waals surface area contributed by atoms with E-state index in [0.717, 1.165) is 10.9 Å². The highest BCUT2D eigenvalue weighted by Crippen LogP contribution is 2.22. The summed E-state index contributed by atoms with van der Waals surface area (Å²) in [5.41, 5.74) is 1.34. The lowest BCUT2D eigenvalue weighted by Crippen LogP contribution is -2.30. The highest BCUT2D eigenvalue weighted by atomic mass is 35.5. The molecule has 2 aromatic carbocycles. The number of nitrogens with one attached hydrogen (secondary N) is 1. The quantitative estimate of drug-likeness (QED) is 0.712. The fourth-order valence-electron chi connectivity index (χ4n) is 2.44. The highest BCUT2D eigenvalue weighted by molar-refractivity contribution is 6.30. The van der Waals surface area contributed by atoms with Crippen molar-refractivity contribution < 1.29 is 13.9 Å². The van der Waals surface area contributed by atoms with Crippen molar-refractivity contribution in [1.82, 2.24) is 0 Å². The van der Waals surface area contributed by atoms with Crippen LogP contribution in [0.25, 0.3) is 11.0 Å². The van der Waals surface area contributed by atoms with Gasteiger partial charge in [0.1, 0.15) is 11.3 Å². The predicted molar refractivity (Wildman–Crippen MR) is 97.4 cm³/mol. The van der Waals surface area contributed by atoms with Crippen molar-refractivity contribution in [3.8, 4) is 5.75 Å². The first-order valence-electron chi connectivity index (χ1n) is 7.70. The lowest BCUT2D eigenvalue weighted by molar-refractivity contribution is -0.122. The third kappa shape index (κ3) is 4.00. The molecule has 3 aromatic rings. The lowest BCUT2D eigenvalue weighted by atomic mass is 10.1. The Kier molecular flexibility index (Phi) is 4.76. The number of fused-ring (bicyclic) bond motifs is 1. The molecule has 0 unspecified atom stereocenters. The van der Waals surface area contributed by atoms with E-state index in [9.17, 15) is 9.59 Å². The average Bonchev–Trinajstić information content (AvgIpc) is 2.54. The molecule has 0 aliphatic carbocycles. The number of ether oxygens (including phenoxy) is 1. The van der Waals surface area contributed by atoms with Crippen molar-refractivity contribution in [3.63, 3.8) is 0 Å². The van der Waals surface area contributed by atoms with Gasteiger partial charge in [-0.1, -0.05) is 17.7 Å². The fourth-order valence-corrected chi connectivity index (χ4v) is 2.62. The van der Waals surface area contributed by atoms with Gasteiger partial charge < -0.3 is 14.5 Å². The monoisotopic (exact) mass is 357 g/mol. The zero-order chi connectivity index (χ0) is 18.0. The Morgan fingerprint density at radius 2 is 2.00 bits per heavy atom. The standard InChI is InChI=1S/C19H16ClNO4/c1-11-8-18(22)25-17-10-14(6-7-16(11)17)21-19(23)12(2)24-15-5-3-4-13(20)9-15/h3-10,12H,1-2H3,(H,21,23)/t12-/m0/s1. The molecule has 1 heterocycles. The summed E-state index contributed by atoms with van der Waals surface area (Å²) in [6, 6.07) is 13.4. The summed E-state index contributed by atoms with van der Waals surface area (Å²) in [5.74, 6) is 0.185. The molecule has 0 aliphatic heterocycles. The topological polar surface area (TPSA) is 68.5 Å². The molecule has 6 heteroatoms. The minimum absolute atomic E-state index is 0.325. The fraction of sp³-hybridized carbons (Fsp3) is 0.158. The van der Waals surface area contributed by atoms with Crippen LogP contribution in [0.1, 0.15) is 12.5 Å². The minimum atomic E-state index is -0.723. The number of hydrogen-bond donors (Lipinski definition) is 1. The molecule has 5 nitrogen and oxygen atoms in total. The number of hydrogen-bond acceptors (Lipinski definition) is 4. The van der Waals surface area contributed by atoms with Gasteiger partial charge in [-0.3, -0.25) is 4.79 Å². The Hall–Kier alpha value is -2.79. The Labute approximate surface area is 149 Å². The van der Waals surface area contributed by atoms with Gasteiger partial charge in [0.15, 0.2) is 6.10 Å². The first kappa shape index (κ1) is 17.0. The van der Waals surface area contributed by atoms with Crippen LogP contribution in [0.15, 0.2) is 57.7 Å². The van der Waals surface area contributed by atoms with E-state index in [4.69, 9.17) is 20.8 Å². The van der Waals surface area contributed by atoms with Crippen molar-refractivity contribution in [2.24, 2.45) is 0 Å². The van der Waals surface area contributed by atoms with E-state index >= 15 is 0 Å². The van der Waals surface area contributed by atoms with E-state index in [-0.39, 0.29) is 5.91 Å². The molecule has 1 amide bonds. The Bertz CT molecular complexity index is 996. The van der Waals surface area contributed by atoms with E-state index in [1.54, 1.807) is 49.4 Å². The molecule has 3 rings (SSSR count). The second-order valence-corrected chi connectivity index (χ2v) is 6.10. The molecule has 25 heavy (non-hydrogen) atoms. The molecular weight excluding hydrogens is 342 g/mol. The first-order valence-corrected chi connectivity index (χ1v) is 8.08. The molecule has 0 radical (unpaired) electrons. The van der Waals surface area contributed by atoms with Crippen LogP contribution in [0, 0.1) is 6.92 Å². The molecule has 1 atom stereocenters. The third-order valence-corrected chi connectivity index (χ3v) is 3.93. The maximum absolute atomic E-state index is 12.3. The molecule has 0 saturated carbocycles. The van der Waals surface area contributed by atoms with Gasteiger partial charge in [-0.15, -0.1) is 0 Å². The number of carbonyl (C=O) groups is 1. The third-order valence-electron chi connectivity index (χ3n) is 3.70. The van der Waals surface area contributed by atoms with Crippen LogP contribution in [0.4, 0.5) is 5.69 Å². The van der Waals surface area contributed by atoms with Gasteiger partial charge in [0, 0.05) is 28.2 Å². The number of carbonyl (C=O) groups excluding carboxylic acids is 1. The number of benzene rings is 2. The van der Waals surface area contributed by atoms with Crippen LogP contribution < -0.4 is 15.7 Å². The van der Waals surface area contributed by atoms with Crippen LogP contribution in [0.3, 0.4) is 0 Å². The van der Waals surface area contributed by atoms with E-state index in [0.29, 0.717) is 22.0 Å². The summed E-state index contributed by atoms with van der Waals surface area (Å²) in [6.07, 6.45) is -0.723. The summed E-state index contributed by atoms with van der Waals surface area (Å²) in [6.45, 7) is 3.47. The van der Waals surface area contributed by atoms with Crippen molar-refractivity contribution >= 4 is 34.2 Å². The average molecular weight is 358 g/mol. The summed E-state index contributed by atoms with van der Waals surface area (Å²) in [7, 11) is 0. The van der Waals surface area contributed by atoms with Crippen molar-refractivity contribution in [2.75, 3.05) is 5.32 Å². The van der Waals surface area contributed by atoms with Gasteiger partial charge in [0.2, 0.25) is 0 Å². The van der Waals surface area contributed by atoms with Crippen LogP contribution in [-0.2, 0) is 4.79 Å². The molecule has 1 aromatic heterocycles. The number of halogens is 1. The smallest absolute Gasteiger partial charge is 0.336 e. The van der Waals surface area contributed by atoms with Gasteiger partial charge in [-0.25, -0.2) is 4.79 Å². The SMILES string of the molecule is Cc1cc(=O)oc2cc(NC(=O)[C@H](C)Oc3cccc(Cl)c3)ccc12. The number of aryl methyl sites for hydroxylation is 1.